The molecule has 3 nitrogen and oxygen atoms in total. The van der Waals surface area contributed by atoms with Crippen LogP contribution in [0.25, 0.3) is 11.3 Å². The summed E-state index contributed by atoms with van der Waals surface area (Å²) in [5.74, 6) is -0.170. The van der Waals surface area contributed by atoms with Gasteiger partial charge in [0.15, 0.2) is 0 Å². The average Bonchev–Trinajstić information content (AvgIpc) is 2.55. The Morgan fingerprint density at radius 1 is 1.04 bits per heavy atom. The standard InChI is InChI=1S/C19H15ClN2O/c1-13-9-10-21-18(11-13)14-5-7-15(8-6-14)19(23)22-17-4-2-3-16(20)12-17/h2-12H,1H3,(H,22,23). The number of nitrogens with zero attached hydrogens (tertiary/aromatic N) is 1. The molecule has 23 heavy (non-hydrogen) atoms. The molecule has 0 radical (unpaired) electrons. The second-order valence-corrected chi connectivity index (χ2v) is 5.70. The highest BCUT2D eigenvalue weighted by Crippen LogP contribution is 2.20. The van der Waals surface area contributed by atoms with E-state index in [0.29, 0.717) is 16.3 Å². The summed E-state index contributed by atoms with van der Waals surface area (Å²) < 4.78 is 0. The molecule has 0 aliphatic carbocycles. The Morgan fingerprint density at radius 2 is 1.83 bits per heavy atom. The summed E-state index contributed by atoms with van der Waals surface area (Å²) in [5, 5.41) is 3.42. The Balaban J connectivity index is 1.78. The van der Waals surface area contributed by atoms with Gasteiger partial charge in [-0.05, 0) is 55.0 Å². The Hall–Kier alpha value is -2.65. The van der Waals surface area contributed by atoms with Gasteiger partial charge in [-0.25, -0.2) is 0 Å². The van der Waals surface area contributed by atoms with E-state index in [1.54, 1.807) is 42.6 Å². The van der Waals surface area contributed by atoms with Crippen molar-refractivity contribution in [1.82, 2.24) is 4.98 Å². The van der Waals surface area contributed by atoms with E-state index in [4.69, 9.17) is 11.6 Å². The van der Waals surface area contributed by atoms with Gasteiger partial charge in [-0.15, -0.1) is 0 Å². The van der Waals surface area contributed by atoms with Crippen LogP contribution in [0.2, 0.25) is 5.02 Å². The highest BCUT2D eigenvalue weighted by Gasteiger charge is 2.07. The molecule has 1 heterocycles. The molecule has 114 valence electrons. The first-order valence-electron chi connectivity index (χ1n) is 7.22. The van der Waals surface area contributed by atoms with Gasteiger partial charge in [0.25, 0.3) is 5.91 Å². The number of amides is 1. The number of carbonyl (C=O) groups excluding carboxylic acids is 1. The lowest BCUT2D eigenvalue weighted by atomic mass is 10.1. The minimum absolute atomic E-state index is 0.170. The van der Waals surface area contributed by atoms with Crippen molar-refractivity contribution in [2.45, 2.75) is 6.92 Å². The summed E-state index contributed by atoms with van der Waals surface area (Å²) in [6.07, 6.45) is 1.78. The van der Waals surface area contributed by atoms with Gasteiger partial charge in [-0.3, -0.25) is 9.78 Å². The van der Waals surface area contributed by atoms with Crippen molar-refractivity contribution in [2.75, 3.05) is 5.32 Å². The highest BCUT2D eigenvalue weighted by atomic mass is 35.5. The van der Waals surface area contributed by atoms with Crippen molar-refractivity contribution in [3.8, 4) is 11.3 Å². The first-order valence-corrected chi connectivity index (χ1v) is 7.59. The first kappa shape index (κ1) is 15.3. The normalized spacial score (nSPS) is 10.3. The topological polar surface area (TPSA) is 42.0 Å². The van der Waals surface area contributed by atoms with Crippen molar-refractivity contribution in [3.05, 3.63) is 83.0 Å². The van der Waals surface area contributed by atoms with Crippen LogP contribution in [-0.4, -0.2) is 10.9 Å². The number of nitrogens with one attached hydrogen (secondary N) is 1. The lowest BCUT2D eigenvalue weighted by molar-refractivity contribution is 0.102. The number of halogens is 1. The third-order valence-corrected chi connectivity index (χ3v) is 3.68. The molecule has 0 unspecified atom stereocenters. The van der Waals surface area contributed by atoms with Gasteiger partial charge < -0.3 is 5.32 Å². The fraction of sp³-hybridized carbons (Fsp3) is 0.0526. The molecular formula is C19H15ClN2O. The monoisotopic (exact) mass is 322 g/mol. The van der Waals surface area contributed by atoms with Gasteiger partial charge in [-0.2, -0.15) is 0 Å². The van der Waals surface area contributed by atoms with Crippen LogP contribution >= 0.6 is 11.6 Å². The summed E-state index contributed by atoms with van der Waals surface area (Å²) >= 11 is 5.92. The molecule has 0 aliphatic rings. The zero-order valence-electron chi connectivity index (χ0n) is 12.6. The maximum atomic E-state index is 12.3. The Labute approximate surface area is 140 Å². The van der Waals surface area contributed by atoms with Gasteiger partial charge in [0.05, 0.1) is 5.69 Å². The molecule has 2 aromatic carbocycles. The molecule has 3 rings (SSSR count). The number of aryl methyl sites for hydroxylation is 1. The number of rotatable bonds is 3. The summed E-state index contributed by atoms with van der Waals surface area (Å²) in [6.45, 7) is 2.03. The van der Waals surface area contributed by atoms with Crippen LogP contribution in [0.4, 0.5) is 5.69 Å². The van der Waals surface area contributed by atoms with E-state index in [-0.39, 0.29) is 5.91 Å². The lowest BCUT2D eigenvalue weighted by Crippen LogP contribution is -2.11. The van der Waals surface area contributed by atoms with Crippen LogP contribution in [-0.2, 0) is 0 Å². The predicted octanol–water partition coefficient (Wildman–Crippen LogP) is 4.96. The fourth-order valence-corrected chi connectivity index (χ4v) is 2.45. The molecule has 1 aromatic heterocycles. The van der Waals surface area contributed by atoms with E-state index in [0.717, 1.165) is 16.8 Å². The Bertz CT molecular complexity index is 844. The van der Waals surface area contributed by atoms with E-state index in [2.05, 4.69) is 10.3 Å². The fourth-order valence-electron chi connectivity index (χ4n) is 2.26. The summed E-state index contributed by atoms with van der Waals surface area (Å²) in [4.78, 5) is 16.6. The molecule has 0 aliphatic heterocycles. The first-order chi connectivity index (χ1) is 11.1. The number of anilines is 1. The van der Waals surface area contributed by atoms with Crippen LogP contribution < -0.4 is 5.32 Å². The summed E-state index contributed by atoms with van der Waals surface area (Å²) in [7, 11) is 0. The van der Waals surface area contributed by atoms with Crippen LogP contribution in [0.3, 0.4) is 0 Å². The number of hydrogen-bond acceptors (Lipinski definition) is 2. The number of benzene rings is 2. The lowest BCUT2D eigenvalue weighted by Gasteiger charge is -2.07. The highest BCUT2D eigenvalue weighted by molar-refractivity contribution is 6.30. The van der Waals surface area contributed by atoms with Crippen LogP contribution in [0.1, 0.15) is 15.9 Å². The number of hydrogen-bond donors (Lipinski definition) is 1. The smallest absolute Gasteiger partial charge is 0.255 e. The van der Waals surface area contributed by atoms with E-state index in [1.165, 1.54) is 0 Å². The molecule has 3 aromatic rings. The SMILES string of the molecule is Cc1ccnc(-c2ccc(C(=O)Nc3cccc(Cl)c3)cc2)c1. The second-order valence-electron chi connectivity index (χ2n) is 5.26. The van der Waals surface area contributed by atoms with Gasteiger partial charge in [0.1, 0.15) is 0 Å². The molecule has 1 amide bonds. The maximum absolute atomic E-state index is 12.3. The van der Waals surface area contributed by atoms with E-state index in [9.17, 15) is 4.79 Å². The zero-order valence-corrected chi connectivity index (χ0v) is 13.3. The second kappa shape index (κ2) is 6.63. The van der Waals surface area contributed by atoms with E-state index in [1.807, 2.05) is 31.2 Å². The van der Waals surface area contributed by atoms with Crippen molar-refractivity contribution >= 4 is 23.2 Å². The molecule has 4 heteroatoms. The molecule has 0 saturated carbocycles. The summed E-state index contributed by atoms with van der Waals surface area (Å²) in [6, 6.07) is 18.4. The third kappa shape index (κ3) is 3.76. The van der Waals surface area contributed by atoms with Crippen molar-refractivity contribution < 1.29 is 4.79 Å². The number of aromatic nitrogens is 1. The van der Waals surface area contributed by atoms with Crippen LogP contribution in [0, 0.1) is 6.92 Å². The molecule has 0 fully saturated rings. The number of carbonyl (C=O) groups is 1. The Kier molecular flexibility index (Phi) is 4.40. The third-order valence-electron chi connectivity index (χ3n) is 3.44. The predicted molar refractivity (Wildman–Crippen MR) is 93.8 cm³/mol. The van der Waals surface area contributed by atoms with Gasteiger partial charge >= 0.3 is 0 Å². The quantitative estimate of drug-likeness (QED) is 0.740. The Morgan fingerprint density at radius 3 is 2.52 bits per heavy atom. The van der Waals surface area contributed by atoms with Crippen LogP contribution in [0.15, 0.2) is 66.9 Å². The number of pyridine rings is 1. The van der Waals surface area contributed by atoms with E-state index >= 15 is 0 Å². The van der Waals surface area contributed by atoms with Crippen molar-refractivity contribution in [2.24, 2.45) is 0 Å². The molecule has 0 atom stereocenters. The molecule has 0 bridgehead atoms. The zero-order chi connectivity index (χ0) is 16.2. The molecular weight excluding hydrogens is 308 g/mol. The van der Waals surface area contributed by atoms with Gasteiger partial charge in [0, 0.05) is 28.0 Å². The average molecular weight is 323 g/mol. The molecule has 1 N–H and O–H groups in total. The van der Waals surface area contributed by atoms with E-state index < -0.39 is 0 Å². The maximum Gasteiger partial charge on any atom is 0.255 e. The van der Waals surface area contributed by atoms with Crippen molar-refractivity contribution in [3.63, 3.8) is 0 Å². The minimum atomic E-state index is -0.170. The largest absolute Gasteiger partial charge is 0.322 e. The van der Waals surface area contributed by atoms with Gasteiger partial charge in [0.2, 0.25) is 0 Å². The molecule has 0 spiro atoms. The summed E-state index contributed by atoms with van der Waals surface area (Å²) in [5.41, 5.74) is 4.28. The van der Waals surface area contributed by atoms with Gasteiger partial charge in [-0.1, -0.05) is 29.8 Å². The van der Waals surface area contributed by atoms with Crippen molar-refractivity contribution in [1.29, 1.82) is 0 Å². The minimum Gasteiger partial charge on any atom is -0.322 e. The van der Waals surface area contributed by atoms with Crippen LogP contribution in [0.5, 0.6) is 0 Å². The molecule has 0 saturated heterocycles.